The van der Waals surface area contributed by atoms with Crippen molar-refractivity contribution in [2.75, 3.05) is 6.54 Å². The fourth-order valence-electron chi connectivity index (χ4n) is 3.16. The third-order valence-electron chi connectivity index (χ3n) is 4.22. The summed E-state index contributed by atoms with van der Waals surface area (Å²) in [6.45, 7) is 1.49. The van der Waals surface area contributed by atoms with E-state index in [1.807, 2.05) is 11.0 Å². The summed E-state index contributed by atoms with van der Waals surface area (Å²) in [5.41, 5.74) is 2.37. The number of nitrogens with zero attached hydrogens (tertiary/aromatic N) is 1. The largest absolute Gasteiger partial charge is 0.508 e. The highest BCUT2D eigenvalue weighted by atomic mass is 16.3. The first-order chi connectivity index (χ1) is 8.74. The van der Waals surface area contributed by atoms with Crippen molar-refractivity contribution in [1.29, 1.82) is 0 Å². The first-order valence-corrected chi connectivity index (χ1v) is 6.83. The molecule has 1 aliphatic carbocycles. The second-order valence-electron chi connectivity index (χ2n) is 5.44. The van der Waals surface area contributed by atoms with Crippen LogP contribution in [0, 0.1) is 5.92 Å². The minimum atomic E-state index is 0.254. The van der Waals surface area contributed by atoms with Gasteiger partial charge in [-0.3, -0.25) is 4.79 Å². The molecule has 3 heteroatoms. The van der Waals surface area contributed by atoms with Crippen LogP contribution >= 0.6 is 0 Å². The summed E-state index contributed by atoms with van der Waals surface area (Å²) in [5, 5.41) is 9.52. The molecule has 2 aliphatic rings. The zero-order valence-electron chi connectivity index (χ0n) is 10.6. The Morgan fingerprint density at radius 2 is 2.00 bits per heavy atom. The molecule has 0 unspecified atom stereocenters. The van der Waals surface area contributed by atoms with E-state index in [4.69, 9.17) is 0 Å². The maximum Gasteiger partial charge on any atom is 0.225 e. The van der Waals surface area contributed by atoms with Gasteiger partial charge in [0.25, 0.3) is 0 Å². The first kappa shape index (κ1) is 11.6. The average Bonchev–Trinajstić information content (AvgIpc) is 2.90. The van der Waals surface area contributed by atoms with Crippen LogP contribution in [-0.2, 0) is 17.8 Å². The van der Waals surface area contributed by atoms with Crippen molar-refractivity contribution < 1.29 is 9.90 Å². The molecule has 0 atom stereocenters. The van der Waals surface area contributed by atoms with Crippen LogP contribution in [0.25, 0.3) is 0 Å². The van der Waals surface area contributed by atoms with Gasteiger partial charge in [-0.1, -0.05) is 18.9 Å². The van der Waals surface area contributed by atoms with E-state index in [0.717, 1.165) is 31.4 Å². The molecular weight excluding hydrogens is 226 g/mol. The lowest BCUT2D eigenvalue weighted by Crippen LogP contribution is -2.39. The van der Waals surface area contributed by atoms with Gasteiger partial charge in [0.2, 0.25) is 5.91 Å². The van der Waals surface area contributed by atoms with E-state index in [0.29, 0.717) is 18.2 Å². The predicted octanol–water partition coefficient (Wildman–Crippen LogP) is 2.47. The third-order valence-corrected chi connectivity index (χ3v) is 4.22. The molecule has 3 nitrogen and oxygen atoms in total. The Morgan fingerprint density at radius 3 is 2.78 bits per heavy atom. The zero-order valence-corrected chi connectivity index (χ0v) is 10.6. The standard InChI is InChI=1S/C15H19NO2/c17-14-6-5-11-7-8-16(10-13(11)9-14)15(18)12-3-1-2-4-12/h5-6,9,12,17H,1-4,7-8,10H2. The molecule has 0 bridgehead atoms. The predicted molar refractivity (Wildman–Crippen MR) is 69.2 cm³/mol. The monoisotopic (exact) mass is 245 g/mol. The van der Waals surface area contributed by atoms with Gasteiger partial charge in [-0.25, -0.2) is 0 Å². The van der Waals surface area contributed by atoms with Crippen molar-refractivity contribution in [1.82, 2.24) is 4.90 Å². The summed E-state index contributed by atoms with van der Waals surface area (Å²) in [7, 11) is 0. The maximum absolute atomic E-state index is 12.4. The van der Waals surface area contributed by atoms with Crippen LogP contribution in [0.3, 0.4) is 0 Å². The van der Waals surface area contributed by atoms with E-state index < -0.39 is 0 Å². The van der Waals surface area contributed by atoms with E-state index in [1.54, 1.807) is 12.1 Å². The molecule has 1 heterocycles. The van der Waals surface area contributed by atoms with Gasteiger partial charge in [0.05, 0.1) is 0 Å². The molecule has 1 N–H and O–H groups in total. The van der Waals surface area contributed by atoms with Gasteiger partial charge in [0, 0.05) is 19.0 Å². The summed E-state index contributed by atoms with van der Waals surface area (Å²) >= 11 is 0. The molecule has 18 heavy (non-hydrogen) atoms. The van der Waals surface area contributed by atoms with E-state index >= 15 is 0 Å². The Morgan fingerprint density at radius 1 is 1.22 bits per heavy atom. The molecular formula is C15H19NO2. The second-order valence-corrected chi connectivity index (χ2v) is 5.44. The van der Waals surface area contributed by atoms with Gasteiger partial charge < -0.3 is 10.0 Å². The van der Waals surface area contributed by atoms with Gasteiger partial charge in [-0.05, 0) is 42.5 Å². The molecule has 1 aliphatic heterocycles. The topological polar surface area (TPSA) is 40.5 Å². The Bertz CT molecular complexity index is 464. The van der Waals surface area contributed by atoms with E-state index in [1.165, 1.54) is 18.4 Å². The van der Waals surface area contributed by atoms with Crippen LogP contribution < -0.4 is 0 Å². The molecule has 0 aromatic heterocycles. The minimum absolute atomic E-state index is 0.254. The molecule has 1 aromatic carbocycles. The number of carbonyl (C=O) groups is 1. The smallest absolute Gasteiger partial charge is 0.225 e. The molecule has 96 valence electrons. The fourth-order valence-corrected chi connectivity index (χ4v) is 3.16. The normalized spacial score (nSPS) is 19.9. The Kier molecular flexibility index (Phi) is 2.98. The number of aromatic hydroxyl groups is 1. The number of carbonyl (C=O) groups excluding carboxylic acids is 1. The lowest BCUT2D eigenvalue weighted by molar-refractivity contribution is -0.136. The number of amides is 1. The number of rotatable bonds is 1. The minimum Gasteiger partial charge on any atom is -0.508 e. The maximum atomic E-state index is 12.4. The van der Waals surface area contributed by atoms with Gasteiger partial charge in [-0.15, -0.1) is 0 Å². The van der Waals surface area contributed by atoms with Crippen LogP contribution in [0.2, 0.25) is 0 Å². The van der Waals surface area contributed by atoms with E-state index in [9.17, 15) is 9.90 Å². The Hall–Kier alpha value is -1.51. The summed E-state index contributed by atoms with van der Waals surface area (Å²) in [5.74, 6) is 0.870. The quantitative estimate of drug-likeness (QED) is 0.825. The molecule has 1 amide bonds. The molecule has 0 radical (unpaired) electrons. The molecule has 3 rings (SSSR count). The number of phenolic OH excluding ortho intramolecular Hbond substituents is 1. The first-order valence-electron chi connectivity index (χ1n) is 6.83. The Labute approximate surface area is 107 Å². The molecule has 1 saturated carbocycles. The van der Waals surface area contributed by atoms with E-state index in [2.05, 4.69) is 0 Å². The number of hydrogen-bond acceptors (Lipinski definition) is 2. The van der Waals surface area contributed by atoms with Gasteiger partial charge in [0.15, 0.2) is 0 Å². The summed E-state index contributed by atoms with van der Waals surface area (Å²) in [6.07, 6.45) is 5.42. The van der Waals surface area contributed by atoms with Crippen molar-refractivity contribution in [3.8, 4) is 5.75 Å². The van der Waals surface area contributed by atoms with Crippen LogP contribution in [0.1, 0.15) is 36.8 Å². The molecule has 1 fully saturated rings. The van der Waals surface area contributed by atoms with Crippen molar-refractivity contribution in [2.45, 2.75) is 38.6 Å². The molecule has 0 spiro atoms. The van der Waals surface area contributed by atoms with Gasteiger partial charge in [-0.2, -0.15) is 0 Å². The molecule has 1 aromatic rings. The Balaban J connectivity index is 1.75. The second kappa shape index (κ2) is 4.63. The third kappa shape index (κ3) is 2.09. The summed E-state index contributed by atoms with van der Waals surface area (Å²) < 4.78 is 0. The molecule has 0 saturated heterocycles. The van der Waals surface area contributed by atoms with Crippen LogP contribution in [-0.4, -0.2) is 22.5 Å². The lowest BCUT2D eigenvalue weighted by atomic mass is 9.97. The highest BCUT2D eigenvalue weighted by Crippen LogP contribution is 2.29. The number of hydrogen-bond donors (Lipinski definition) is 1. The van der Waals surface area contributed by atoms with Crippen molar-refractivity contribution in [2.24, 2.45) is 5.92 Å². The number of benzene rings is 1. The summed E-state index contributed by atoms with van der Waals surface area (Å²) in [4.78, 5) is 14.3. The van der Waals surface area contributed by atoms with Crippen molar-refractivity contribution >= 4 is 5.91 Å². The van der Waals surface area contributed by atoms with Crippen LogP contribution in [0.15, 0.2) is 18.2 Å². The SMILES string of the molecule is O=C(C1CCCC1)N1CCc2ccc(O)cc2C1. The highest BCUT2D eigenvalue weighted by molar-refractivity contribution is 5.79. The van der Waals surface area contributed by atoms with Gasteiger partial charge >= 0.3 is 0 Å². The van der Waals surface area contributed by atoms with Gasteiger partial charge in [0.1, 0.15) is 5.75 Å². The number of fused-ring (bicyclic) bond motifs is 1. The highest BCUT2D eigenvalue weighted by Gasteiger charge is 2.29. The zero-order chi connectivity index (χ0) is 12.5. The lowest BCUT2D eigenvalue weighted by Gasteiger charge is -2.31. The van der Waals surface area contributed by atoms with E-state index in [-0.39, 0.29) is 5.92 Å². The number of phenols is 1. The van der Waals surface area contributed by atoms with Crippen LogP contribution in [0.5, 0.6) is 5.75 Å². The summed E-state index contributed by atoms with van der Waals surface area (Å²) in [6, 6.07) is 5.50. The van der Waals surface area contributed by atoms with Crippen molar-refractivity contribution in [3.05, 3.63) is 29.3 Å². The van der Waals surface area contributed by atoms with Crippen LogP contribution in [0.4, 0.5) is 0 Å². The average molecular weight is 245 g/mol. The fraction of sp³-hybridized carbons (Fsp3) is 0.533. The van der Waals surface area contributed by atoms with Crippen molar-refractivity contribution in [3.63, 3.8) is 0 Å².